The van der Waals surface area contributed by atoms with Crippen LogP contribution < -0.4 is 5.73 Å². The van der Waals surface area contributed by atoms with Crippen molar-refractivity contribution in [2.75, 3.05) is 20.1 Å². The molecule has 1 aromatic rings. The Bertz CT molecular complexity index is 434. The second-order valence-electron chi connectivity index (χ2n) is 6.27. The molecule has 106 valence electrons. The first-order valence-corrected chi connectivity index (χ1v) is 8.94. The van der Waals surface area contributed by atoms with E-state index in [4.69, 9.17) is 5.73 Å². The molecule has 4 unspecified atom stereocenters. The number of nitrogens with zero attached hydrogens (tertiary/aromatic N) is 1. The molecule has 2 fully saturated rings. The predicted octanol–water partition coefficient (Wildman–Crippen LogP) is 3.88. The Morgan fingerprint density at radius 2 is 2.26 bits per heavy atom. The minimum atomic E-state index is 0.385. The van der Waals surface area contributed by atoms with Crippen LogP contribution in [0.3, 0.4) is 0 Å². The highest BCUT2D eigenvalue weighted by Crippen LogP contribution is 2.48. The summed E-state index contributed by atoms with van der Waals surface area (Å²) in [4.78, 5) is 3.88. The lowest BCUT2D eigenvalue weighted by molar-refractivity contribution is 0.178. The summed E-state index contributed by atoms with van der Waals surface area (Å²) in [5.74, 6) is 2.96. The number of likely N-dealkylation sites (N-methyl/N-ethyl adjacent to an activating group) is 1. The van der Waals surface area contributed by atoms with Gasteiger partial charge in [-0.25, -0.2) is 0 Å². The van der Waals surface area contributed by atoms with Crippen molar-refractivity contribution in [2.45, 2.75) is 31.7 Å². The number of rotatable bonds is 5. The van der Waals surface area contributed by atoms with Crippen LogP contribution >= 0.6 is 27.3 Å². The molecule has 1 heterocycles. The summed E-state index contributed by atoms with van der Waals surface area (Å²) in [5.41, 5.74) is 6.01. The van der Waals surface area contributed by atoms with E-state index in [-0.39, 0.29) is 0 Å². The standard InChI is InChI=1S/C15H23BrN2S/c1-18(9-12-7-10-2-3-11(12)6-10)13(8-17)14-4-5-15(16)19-14/h4-5,10-13H,2-3,6-9,17H2,1H3. The van der Waals surface area contributed by atoms with E-state index in [9.17, 15) is 0 Å². The molecule has 19 heavy (non-hydrogen) atoms. The van der Waals surface area contributed by atoms with Crippen LogP contribution in [0.1, 0.15) is 36.6 Å². The highest BCUT2D eigenvalue weighted by molar-refractivity contribution is 9.11. The van der Waals surface area contributed by atoms with Gasteiger partial charge in [0.05, 0.1) is 9.83 Å². The quantitative estimate of drug-likeness (QED) is 0.879. The Kier molecular flexibility index (Phi) is 4.32. The Balaban J connectivity index is 1.63. The van der Waals surface area contributed by atoms with Crippen molar-refractivity contribution in [3.63, 3.8) is 0 Å². The summed E-state index contributed by atoms with van der Waals surface area (Å²) in [5, 5.41) is 0. The van der Waals surface area contributed by atoms with Gasteiger partial charge in [0.25, 0.3) is 0 Å². The molecule has 2 aliphatic carbocycles. The average Bonchev–Trinajstić information content (AvgIpc) is 3.07. The molecule has 3 rings (SSSR count). The summed E-state index contributed by atoms with van der Waals surface area (Å²) < 4.78 is 1.20. The van der Waals surface area contributed by atoms with E-state index in [1.807, 2.05) is 11.3 Å². The van der Waals surface area contributed by atoms with Crippen molar-refractivity contribution in [1.82, 2.24) is 4.90 Å². The topological polar surface area (TPSA) is 29.3 Å². The van der Waals surface area contributed by atoms with Crippen LogP contribution in [-0.4, -0.2) is 25.0 Å². The van der Waals surface area contributed by atoms with E-state index in [1.54, 1.807) is 0 Å². The molecule has 2 bridgehead atoms. The number of halogens is 1. The maximum Gasteiger partial charge on any atom is 0.0702 e. The van der Waals surface area contributed by atoms with Gasteiger partial charge in [-0.05, 0) is 72.1 Å². The molecule has 0 aromatic carbocycles. The van der Waals surface area contributed by atoms with Crippen molar-refractivity contribution in [2.24, 2.45) is 23.5 Å². The summed E-state index contributed by atoms with van der Waals surface area (Å²) in [7, 11) is 2.25. The zero-order chi connectivity index (χ0) is 13.4. The average molecular weight is 343 g/mol. The molecular formula is C15H23BrN2S. The fraction of sp³-hybridized carbons (Fsp3) is 0.733. The van der Waals surface area contributed by atoms with Crippen molar-refractivity contribution in [3.8, 4) is 0 Å². The Hall–Kier alpha value is 0.1000. The van der Waals surface area contributed by atoms with Crippen LogP contribution in [0, 0.1) is 17.8 Å². The molecule has 2 nitrogen and oxygen atoms in total. The molecule has 4 atom stereocenters. The fourth-order valence-electron chi connectivity index (χ4n) is 4.12. The molecular weight excluding hydrogens is 320 g/mol. The molecule has 1 aromatic heterocycles. The second-order valence-corrected chi connectivity index (χ2v) is 8.76. The van der Waals surface area contributed by atoms with Gasteiger partial charge < -0.3 is 5.73 Å². The largest absolute Gasteiger partial charge is 0.329 e. The van der Waals surface area contributed by atoms with Gasteiger partial charge in [-0.2, -0.15) is 0 Å². The van der Waals surface area contributed by atoms with E-state index in [0.717, 1.165) is 17.8 Å². The van der Waals surface area contributed by atoms with E-state index >= 15 is 0 Å². The molecule has 4 heteroatoms. The molecule has 0 aliphatic heterocycles. The predicted molar refractivity (Wildman–Crippen MR) is 85.4 cm³/mol. The van der Waals surface area contributed by atoms with Crippen LogP contribution in [0.5, 0.6) is 0 Å². The molecule has 2 N–H and O–H groups in total. The highest BCUT2D eigenvalue weighted by atomic mass is 79.9. The lowest BCUT2D eigenvalue weighted by Crippen LogP contribution is -2.35. The second kappa shape index (κ2) is 5.84. The Labute approximate surface area is 128 Å². The maximum atomic E-state index is 6.01. The summed E-state index contributed by atoms with van der Waals surface area (Å²) in [6, 6.07) is 4.73. The Morgan fingerprint density at radius 1 is 1.42 bits per heavy atom. The third-order valence-electron chi connectivity index (χ3n) is 5.08. The van der Waals surface area contributed by atoms with E-state index in [1.165, 1.54) is 40.9 Å². The third kappa shape index (κ3) is 2.92. The number of hydrogen-bond acceptors (Lipinski definition) is 3. The first-order chi connectivity index (χ1) is 9.17. The lowest BCUT2D eigenvalue weighted by atomic mass is 9.88. The molecule has 0 spiro atoms. The molecule has 2 aliphatic rings. The normalized spacial score (nSPS) is 31.3. The van der Waals surface area contributed by atoms with E-state index in [0.29, 0.717) is 12.6 Å². The van der Waals surface area contributed by atoms with Gasteiger partial charge in [0, 0.05) is 18.0 Å². The SMILES string of the molecule is CN(CC1CC2CCC1C2)C(CN)c1ccc(Br)s1. The number of thiophene rings is 1. The molecule has 0 amide bonds. The zero-order valence-electron chi connectivity index (χ0n) is 11.5. The monoisotopic (exact) mass is 342 g/mol. The Morgan fingerprint density at radius 3 is 2.79 bits per heavy atom. The minimum absolute atomic E-state index is 0.385. The van der Waals surface area contributed by atoms with Gasteiger partial charge in [0.15, 0.2) is 0 Å². The van der Waals surface area contributed by atoms with E-state index in [2.05, 4.69) is 40.0 Å². The van der Waals surface area contributed by atoms with Crippen molar-refractivity contribution < 1.29 is 0 Å². The van der Waals surface area contributed by atoms with Gasteiger partial charge in [-0.3, -0.25) is 4.90 Å². The number of fused-ring (bicyclic) bond motifs is 2. The van der Waals surface area contributed by atoms with Crippen molar-refractivity contribution in [1.29, 1.82) is 0 Å². The third-order valence-corrected chi connectivity index (χ3v) is 6.81. The number of hydrogen-bond donors (Lipinski definition) is 1. The summed E-state index contributed by atoms with van der Waals surface area (Å²) in [6.45, 7) is 1.93. The molecule has 0 radical (unpaired) electrons. The number of nitrogens with two attached hydrogens (primary N) is 1. The van der Waals surface area contributed by atoms with Gasteiger partial charge in [-0.15, -0.1) is 11.3 Å². The van der Waals surface area contributed by atoms with E-state index < -0.39 is 0 Å². The van der Waals surface area contributed by atoms with Gasteiger partial charge in [-0.1, -0.05) is 6.42 Å². The first kappa shape index (κ1) is 14.1. The maximum absolute atomic E-state index is 6.01. The highest BCUT2D eigenvalue weighted by Gasteiger charge is 2.40. The van der Waals surface area contributed by atoms with Crippen LogP contribution in [0.4, 0.5) is 0 Å². The van der Waals surface area contributed by atoms with Gasteiger partial charge in [0.2, 0.25) is 0 Å². The van der Waals surface area contributed by atoms with Crippen LogP contribution in [0.25, 0.3) is 0 Å². The smallest absolute Gasteiger partial charge is 0.0702 e. The fourth-order valence-corrected chi connectivity index (χ4v) is 5.72. The molecule has 0 saturated heterocycles. The van der Waals surface area contributed by atoms with Gasteiger partial charge in [0.1, 0.15) is 0 Å². The van der Waals surface area contributed by atoms with Gasteiger partial charge >= 0.3 is 0 Å². The summed E-state index contributed by atoms with van der Waals surface area (Å²) in [6.07, 6.45) is 5.92. The van der Waals surface area contributed by atoms with Crippen LogP contribution in [0.15, 0.2) is 15.9 Å². The van der Waals surface area contributed by atoms with Crippen LogP contribution in [0.2, 0.25) is 0 Å². The minimum Gasteiger partial charge on any atom is -0.329 e. The zero-order valence-corrected chi connectivity index (χ0v) is 13.9. The lowest BCUT2D eigenvalue weighted by Gasteiger charge is -2.32. The summed E-state index contributed by atoms with van der Waals surface area (Å²) >= 11 is 5.37. The van der Waals surface area contributed by atoms with Crippen LogP contribution in [-0.2, 0) is 0 Å². The molecule has 2 saturated carbocycles. The van der Waals surface area contributed by atoms with Crippen molar-refractivity contribution >= 4 is 27.3 Å². The first-order valence-electron chi connectivity index (χ1n) is 7.33. The van der Waals surface area contributed by atoms with Crippen molar-refractivity contribution in [3.05, 3.63) is 20.8 Å².